The van der Waals surface area contributed by atoms with Crippen LogP contribution in [-0.4, -0.2) is 16.5 Å². The molecule has 140 valence electrons. The van der Waals surface area contributed by atoms with E-state index in [1.807, 2.05) is 54.6 Å². The van der Waals surface area contributed by atoms with Gasteiger partial charge in [-0.15, -0.1) is 0 Å². The van der Waals surface area contributed by atoms with Crippen molar-refractivity contribution in [1.29, 1.82) is 0 Å². The van der Waals surface area contributed by atoms with Crippen LogP contribution in [0.5, 0.6) is 11.6 Å². The van der Waals surface area contributed by atoms with Gasteiger partial charge in [-0.2, -0.15) is 4.98 Å². The molecule has 0 saturated heterocycles. The van der Waals surface area contributed by atoms with Crippen LogP contribution in [-0.2, 0) is 0 Å². The molecule has 3 aromatic carbocycles. The Hall–Kier alpha value is -3.60. The van der Waals surface area contributed by atoms with Crippen molar-refractivity contribution in [1.82, 2.24) is 9.97 Å². The van der Waals surface area contributed by atoms with E-state index in [1.165, 1.54) is 11.9 Å². The molecular weight excluding hydrogens is 348 g/mol. The third kappa shape index (κ3) is 3.34. The molecular formula is C23H22N4O. The molecule has 4 rings (SSSR count). The van der Waals surface area contributed by atoms with Gasteiger partial charge in [0.1, 0.15) is 17.8 Å². The molecule has 0 aliphatic heterocycles. The summed E-state index contributed by atoms with van der Waals surface area (Å²) in [5.74, 6) is 1.71. The van der Waals surface area contributed by atoms with E-state index in [0.717, 1.165) is 23.0 Å². The number of anilines is 3. The van der Waals surface area contributed by atoms with Crippen LogP contribution in [0.4, 0.5) is 17.2 Å². The van der Waals surface area contributed by atoms with Gasteiger partial charge in [-0.3, -0.25) is 0 Å². The zero-order valence-electron chi connectivity index (χ0n) is 16.0. The summed E-state index contributed by atoms with van der Waals surface area (Å²) in [6, 6.07) is 22.2. The topological polar surface area (TPSA) is 64.3 Å². The first-order valence-electron chi connectivity index (χ1n) is 9.27. The fourth-order valence-corrected chi connectivity index (χ4v) is 3.31. The summed E-state index contributed by atoms with van der Waals surface area (Å²) in [7, 11) is 0. The number of hydrogen-bond donors (Lipinski definition) is 1. The lowest BCUT2D eigenvalue weighted by molar-refractivity contribution is 0.469. The Labute approximate surface area is 164 Å². The molecule has 1 heterocycles. The first kappa shape index (κ1) is 17.8. The Morgan fingerprint density at radius 3 is 2.57 bits per heavy atom. The number of nitrogens with zero attached hydrogens (tertiary/aromatic N) is 3. The van der Waals surface area contributed by atoms with Crippen molar-refractivity contribution in [3.05, 3.63) is 78.6 Å². The maximum absolute atomic E-state index is 6.44. The van der Waals surface area contributed by atoms with Crippen LogP contribution in [0.3, 0.4) is 0 Å². The SMILES string of the molecule is CCN(c1cccc(C)c1)c1ncnc(Oc2cccc3ccccc23)c1N. The molecule has 0 spiro atoms. The second-order valence-corrected chi connectivity index (χ2v) is 6.58. The van der Waals surface area contributed by atoms with Crippen molar-refractivity contribution >= 4 is 28.0 Å². The molecule has 1 aromatic heterocycles. The van der Waals surface area contributed by atoms with Gasteiger partial charge < -0.3 is 15.4 Å². The number of rotatable bonds is 5. The lowest BCUT2D eigenvalue weighted by atomic mass is 10.1. The molecule has 0 aliphatic carbocycles. The fraction of sp³-hybridized carbons (Fsp3) is 0.130. The average Bonchev–Trinajstić information content (AvgIpc) is 2.71. The molecule has 0 fully saturated rings. The minimum absolute atomic E-state index is 0.354. The van der Waals surface area contributed by atoms with Crippen molar-refractivity contribution in [3.8, 4) is 11.6 Å². The van der Waals surface area contributed by atoms with E-state index in [9.17, 15) is 0 Å². The van der Waals surface area contributed by atoms with Gasteiger partial charge in [0, 0.05) is 17.6 Å². The summed E-state index contributed by atoms with van der Waals surface area (Å²) in [4.78, 5) is 10.8. The van der Waals surface area contributed by atoms with Crippen LogP contribution < -0.4 is 15.4 Å². The van der Waals surface area contributed by atoms with Crippen LogP contribution in [0, 0.1) is 6.92 Å². The predicted octanol–water partition coefficient (Wildman–Crippen LogP) is 5.47. The van der Waals surface area contributed by atoms with Crippen LogP contribution in [0.25, 0.3) is 10.8 Å². The van der Waals surface area contributed by atoms with Crippen LogP contribution in [0.15, 0.2) is 73.1 Å². The molecule has 2 N–H and O–H groups in total. The summed E-state index contributed by atoms with van der Waals surface area (Å²) in [6.07, 6.45) is 1.49. The molecule has 28 heavy (non-hydrogen) atoms. The monoisotopic (exact) mass is 370 g/mol. The molecule has 5 nitrogen and oxygen atoms in total. The lowest BCUT2D eigenvalue weighted by Crippen LogP contribution is -2.19. The number of nitrogen functional groups attached to an aromatic ring is 1. The minimum atomic E-state index is 0.354. The Bertz CT molecular complexity index is 1120. The number of fused-ring (bicyclic) bond motifs is 1. The van der Waals surface area contributed by atoms with E-state index < -0.39 is 0 Å². The number of benzene rings is 3. The molecule has 0 unspecified atom stereocenters. The van der Waals surface area contributed by atoms with E-state index in [0.29, 0.717) is 23.1 Å². The predicted molar refractivity (Wildman–Crippen MR) is 114 cm³/mol. The molecule has 0 saturated carbocycles. The van der Waals surface area contributed by atoms with E-state index in [1.54, 1.807) is 0 Å². The second kappa shape index (κ2) is 7.56. The average molecular weight is 370 g/mol. The summed E-state index contributed by atoms with van der Waals surface area (Å²) < 4.78 is 6.11. The quantitative estimate of drug-likeness (QED) is 0.504. The Balaban J connectivity index is 1.74. The van der Waals surface area contributed by atoms with Crippen molar-refractivity contribution in [3.63, 3.8) is 0 Å². The zero-order chi connectivity index (χ0) is 19.5. The van der Waals surface area contributed by atoms with Crippen LogP contribution >= 0.6 is 0 Å². The summed E-state index contributed by atoms with van der Waals surface area (Å²) in [5, 5.41) is 2.11. The largest absolute Gasteiger partial charge is 0.436 e. The lowest BCUT2D eigenvalue weighted by Gasteiger charge is -2.24. The highest BCUT2D eigenvalue weighted by molar-refractivity contribution is 5.88. The maximum atomic E-state index is 6.44. The highest BCUT2D eigenvalue weighted by atomic mass is 16.5. The normalized spacial score (nSPS) is 10.8. The third-order valence-corrected chi connectivity index (χ3v) is 4.67. The van der Waals surface area contributed by atoms with Crippen molar-refractivity contribution in [2.45, 2.75) is 13.8 Å². The van der Waals surface area contributed by atoms with Gasteiger partial charge in [0.05, 0.1) is 0 Å². The Morgan fingerprint density at radius 1 is 0.964 bits per heavy atom. The zero-order valence-corrected chi connectivity index (χ0v) is 16.0. The highest BCUT2D eigenvalue weighted by Gasteiger charge is 2.17. The van der Waals surface area contributed by atoms with Crippen LogP contribution in [0.2, 0.25) is 0 Å². The molecule has 0 bridgehead atoms. The molecule has 0 aliphatic rings. The number of aromatic nitrogens is 2. The highest BCUT2D eigenvalue weighted by Crippen LogP contribution is 2.36. The first-order valence-corrected chi connectivity index (χ1v) is 9.27. The number of nitrogens with two attached hydrogens (primary N) is 1. The summed E-state index contributed by atoms with van der Waals surface area (Å²) in [6.45, 7) is 4.85. The summed E-state index contributed by atoms with van der Waals surface area (Å²) >= 11 is 0. The standard InChI is InChI=1S/C23H22N4O/c1-3-27(18-11-6-8-16(2)14-18)22-21(24)23(26-15-25-22)28-20-13-7-10-17-9-4-5-12-19(17)20/h4-15H,3,24H2,1-2H3. The first-order chi connectivity index (χ1) is 13.7. The Kier molecular flexibility index (Phi) is 4.81. The van der Waals surface area contributed by atoms with Gasteiger partial charge in [-0.1, -0.05) is 48.5 Å². The molecule has 5 heteroatoms. The van der Waals surface area contributed by atoms with Crippen molar-refractivity contribution < 1.29 is 4.74 Å². The molecule has 0 amide bonds. The fourth-order valence-electron chi connectivity index (χ4n) is 3.31. The molecule has 0 atom stereocenters. The number of hydrogen-bond acceptors (Lipinski definition) is 5. The van der Waals surface area contributed by atoms with Gasteiger partial charge in [0.15, 0.2) is 5.82 Å². The second-order valence-electron chi connectivity index (χ2n) is 6.58. The Morgan fingerprint density at radius 2 is 1.75 bits per heavy atom. The van der Waals surface area contributed by atoms with Gasteiger partial charge in [0.2, 0.25) is 5.88 Å². The van der Waals surface area contributed by atoms with E-state index in [2.05, 4.69) is 40.8 Å². The van der Waals surface area contributed by atoms with Gasteiger partial charge in [0.25, 0.3) is 0 Å². The van der Waals surface area contributed by atoms with Gasteiger partial charge >= 0.3 is 0 Å². The van der Waals surface area contributed by atoms with E-state index in [4.69, 9.17) is 10.5 Å². The smallest absolute Gasteiger partial charge is 0.248 e. The maximum Gasteiger partial charge on any atom is 0.248 e. The number of aryl methyl sites for hydroxylation is 1. The summed E-state index contributed by atoms with van der Waals surface area (Å²) in [5.41, 5.74) is 9.06. The number of ether oxygens (including phenoxy) is 1. The van der Waals surface area contributed by atoms with Gasteiger partial charge in [-0.05, 0) is 43.0 Å². The third-order valence-electron chi connectivity index (χ3n) is 4.67. The van der Waals surface area contributed by atoms with E-state index >= 15 is 0 Å². The van der Waals surface area contributed by atoms with Crippen LogP contribution in [0.1, 0.15) is 12.5 Å². The molecule has 0 radical (unpaired) electrons. The minimum Gasteiger partial charge on any atom is -0.436 e. The van der Waals surface area contributed by atoms with Crippen molar-refractivity contribution in [2.75, 3.05) is 17.2 Å². The van der Waals surface area contributed by atoms with Crippen molar-refractivity contribution in [2.24, 2.45) is 0 Å². The molecule has 4 aromatic rings. The van der Waals surface area contributed by atoms with E-state index in [-0.39, 0.29) is 0 Å². The van der Waals surface area contributed by atoms with Gasteiger partial charge in [-0.25, -0.2) is 4.98 Å².